The van der Waals surface area contributed by atoms with Gasteiger partial charge in [0, 0.05) is 7.11 Å². The topological polar surface area (TPSA) is 49.7 Å². The van der Waals surface area contributed by atoms with E-state index in [1.54, 1.807) is 7.11 Å². The van der Waals surface area contributed by atoms with Crippen molar-refractivity contribution in [2.45, 2.75) is 50.9 Å². The second-order valence-electron chi connectivity index (χ2n) is 4.04. The van der Waals surface area contributed by atoms with Crippen molar-refractivity contribution >= 4 is 0 Å². The Balaban J connectivity index is 2.48. The molecule has 4 atom stereocenters. The van der Waals surface area contributed by atoms with E-state index >= 15 is 0 Å². The quantitative estimate of drug-likeness (QED) is 0.643. The zero-order valence-corrected chi connectivity index (χ0v) is 8.44. The molecule has 0 bridgehead atoms. The first-order valence-corrected chi connectivity index (χ1v) is 5.04. The highest BCUT2D eigenvalue weighted by Crippen LogP contribution is 2.24. The van der Waals surface area contributed by atoms with Crippen molar-refractivity contribution in [3.05, 3.63) is 0 Å². The molecule has 4 unspecified atom stereocenters. The summed E-state index contributed by atoms with van der Waals surface area (Å²) in [4.78, 5) is 0. The summed E-state index contributed by atoms with van der Waals surface area (Å²) in [5.74, 6) is 0.324. The van der Waals surface area contributed by atoms with Gasteiger partial charge in [0.2, 0.25) is 0 Å². The van der Waals surface area contributed by atoms with Crippen molar-refractivity contribution in [3.63, 3.8) is 0 Å². The zero-order valence-electron chi connectivity index (χ0n) is 8.44. The van der Waals surface area contributed by atoms with Gasteiger partial charge in [-0.2, -0.15) is 0 Å². The molecule has 0 aromatic rings. The molecule has 78 valence electrons. The van der Waals surface area contributed by atoms with E-state index in [-0.39, 0.29) is 12.2 Å². The largest absolute Gasteiger partial charge is 0.393 e. The Bertz CT molecular complexity index is 149. The summed E-state index contributed by atoms with van der Waals surface area (Å²) in [6.45, 7) is 2.05. The Morgan fingerprint density at radius 1 is 1.00 bits per heavy atom. The molecule has 0 radical (unpaired) electrons. The third kappa shape index (κ3) is 2.93. The van der Waals surface area contributed by atoms with Gasteiger partial charge < -0.3 is 14.9 Å². The predicted molar refractivity (Wildman–Crippen MR) is 50.4 cm³/mol. The molecule has 0 amide bonds. The summed E-state index contributed by atoms with van der Waals surface area (Å²) < 4.78 is 5.19. The minimum atomic E-state index is -0.410. The molecule has 3 heteroatoms. The van der Waals surface area contributed by atoms with Crippen LogP contribution in [0.1, 0.15) is 32.6 Å². The van der Waals surface area contributed by atoms with E-state index in [0.717, 1.165) is 12.8 Å². The normalized spacial score (nSPS) is 42.5. The van der Waals surface area contributed by atoms with Crippen molar-refractivity contribution in [3.8, 4) is 0 Å². The SMILES string of the molecule is COC1CCC(C)C(O)CCC1O. The van der Waals surface area contributed by atoms with Gasteiger partial charge in [0.25, 0.3) is 0 Å². The van der Waals surface area contributed by atoms with Crippen LogP contribution in [0.25, 0.3) is 0 Å². The van der Waals surface area contributed by atoms with Crippen LogP contribution in [0.4, 0.5) is 0 Å². The van der Waals surface area contributed by atoms with Crippen LogP contribution < -0.4 is 0 Å². The van der Waals surface area contributed by atoms with Gasteiger partial charge in [-0.25, -0.2) is 0 Å². The monoisotopic (exact) mass is 188 g/mol. The molecule has 0 heterocycles. The van der Waals surface area contributed by atoms with Crippen LogP contribution in [-0.4, -0.2) is 35.6 Å². The lowest BCUT2D eigenvalue weighted by atomic mass is 9.87. The highest BCUT2D eigenvalue weighted by atomic mass is 16.5. The summed E-state index contributed by atoms with van der Waals surface area (Å²) in [7, 11) is 1.64. The molecular formula is C10H20O3. The van der Waals surface area contributed by atoms with E-state index in [2.05, 4.69) is 6.92 Å². The Labute approximate surface area is 79.7 Å². The van der Waals surface area contributed by atoms with Crippen molar-refractivity contribution in [1.82, 2.24) is 0 Å². The lowest BCUT2D eigenvalue weighted by Gasteiger charge is -2.29. The summed E-state index contributed by atoms with van der Waals surface area (Å²) >= 11 is 0. The summed E-state index contributed by atoms with van der Waals surface area (Å²) in [6.07, 6.45) is 2.38. The number of ether oxygens (including phenoxy) is 1. The zero-order chi connectivity index (χ0) is 9.84. The molecule has 1 fully saturated rings. The molecule has 1 aliphatic rings. The highest BCUT2D eigenvalue weighted by molar-refractivity contribution is 4.77. The van der Waals surface area contributed by atoms with Gasteiger partial charge in [0.1, 0.15) is 0 Å². The lowest BCUT2D eigenvalue weighted by molar-refractivity contribution is -0.0448. The number of hydrogen-bond acceptors (Lipinski definition) is 3. The number of aliphatic hydroxyl groups excluding tert-OH is 2. The molecule has 0 aromatic heterocycles. The molecule has 1 rings (SSSR count). The fourth-order valence-electron chi connectivity index (χ4n) is 1.90. The van der Waals surface area contributed by atoms with Gasteiger partial charge in [-0.1, -0.05) is 6.92 Å². The van der Waals surface area contributed by atoms with E-state index in [1.807, 2.05) is 0 Å². The second-order valence-corrected chi connectivity index (χ2v) is 4.04. The molecule has 0 aliphatic heterocycles. The molecule has 1 aliphatic carbocycles. The van der Waals surface area contributed by atoms with Gasteiger partial charge in [0.05, 0.1) is 18.3 Å². The third-order valence-electron chi connectivity index (χ3n) is 3.05. The van der Waals surface area contributed by atoms with Crippen LogP contribution in [0.3, 0.4) is 0 Å². The fraction of sp³-hybridized carbons (Fsp3) is 1.00. The smallest absolute Gasteiger partial charge is 0.0830 e. The van der Waals surface area contributed by atoms with E-state index in [4.69, 9.17) is 4.74 Å². The summed E-state index contributed by atoms with van der Waals surface area (Å²) in [5.41, 5.74) is 0. The lowest BCUT2D eigenvalue weighted by Crippen LogP contribution is -2.33. The van der Waals surface area contributed by atoms with E-state index in [1.165, 1.54) is 0 Å². The maximum absolute atomic E-state index is 9.64. The number of aliphatic hydroxyl groups is 2. The molecular weight excluding hydrogens is 168 g/mol. The fourth-order valence-corrected chi connectivity index (χ4v) is 1.90. The Morgan fingerprint density at radius 3 is 2.23 bits per heavy atom. The van der Waals surface area contributed by atoms with Crippen LogP contribution in [0.5, 0.6) is 0 Å². The van der Waals surface area contributed by atoms with E-state index in [0.29, 0.717) is 18.8 Å². The molecule has 2 N–H and O–H groups in total. The summed E-state index contributed by atoms with van der Waals surface area (Å²) in [6, 6.07) is 0. The van der Waals surface area contributed by atoms with E-state index in [9.17, 15) is 10.2 Å². The molecule has 3 nitrogen and oxygen atoms in total. The standard InChI is InChI=1S/C10H20O3/c1-7-3-6-10(13-2)9(12)5-4-8(7)11/h7-12H,3-6H2,1-2H3. The first kappa shape index (κ1) is 11.0. The Hall–Kier alpha value is -0.120. The van der Waals surface area contributed by atoms with Crippen LogP contribution in [-0.2, 0) is 4.74 Å². The molecule has 1 saturated carbocycles. The van der Waals surface area contributed by atoms with Gasteiger partial charge in [0.15, 0.2) is 0 Å². The number of rotatable bonds is 1. The van der Waals surface area contributed by atoms with Gasteiger partial charge in [-0.15, -0.1) is 0 Å². The second kappa shape index (κ2) is 4.94. The van der Waals surface area contributed by atoms with E-state index < -0.39 is 6.10 Å². The van der Waals surface area contributed by atoms with Crippen molar-refractivity contribution < 1.29 is 14.9 Å². The Kier molecular flexibility index (Phi) is 4.16. The third-order valence-corrected chi connectivity index (χ3v) is 3.05. The van der Waals surface area contributed by atoms with Gasteiger partial charge in [-0.3, -0.25) is 0 Å². The van der Waals surface area contributed by atoms with Crippen molar-refractivity contribution in [1.29, 1.82) is 0 Å². The molecule has 13 heavy (non-hydrogen) atoms. The number of hydrogen-bond donors (Lipinski definition) is 2. The maximum Gasteiger partial charge on any atom is 0.0830 e. The maximum atomic E-state index is 9.64. The van der Waals surface area contributed by atoms with Crippen LogP contribution in [0.2, 0.25) is 0 Å². The predicted octanol–water partition coefficient (Wildman–Crippen LogP) is 0.933. The van der Waals surface area contributed by atoms with Crippen LogP contribution in [0, 0.1) is 5.92 Å². The van der Waals surface area contributed by atoms with Gasteiger partial charge >= 0.3 is 0 Å². The summed E-state index contributed by atoms with van der Waals surface area (Å²) in [5, 5.41) is 19.2. The van der Waals surface area contributed by atoms with Gasteiger partial charge in [-0.05, 0) is 31.6 Å². The first-order chi connectivity index (χ1) is 6.15. The minimum absolute atomic E-state index is 0.0463. The molecule has 0 saturated heterocycles. The molecule has 0 spiro atoms. The van der Waals surface area contributed by atoms with Crippen molar-refractivity contribution in [2.75, 3.05) is 7.11 Å². The first-order valence-electron chi connectivity index (χ1n) is 5.04. The van der Waals surface area contributed by atoms with Crippen LogP contribution in [0.15, 0.2) is 0 Å². The van der Waals surface area contributed by atoms with Crippen molar-refractivity contribution in [2.24, 2.45) is 5.92 Å². The van der Waals surface area contributed by atoms with Crippen LogP contribution >= 0.6 is 0 Å². The number of methoxy groups -OCH3 is 1. The Morgan fingerprint density at radius 2 is 1.62 bits per heavy atom. The average molecular weight is 188 g/mol. The highest BCUT2D eigenvalue weighted by Gasteiger charge is 2.26. The minimum Gasteiger partial charge on any atom is -0.393 e. The average Bonchev–Trinajstić information content (AvgIpc) is 2.13. The molecule has 0 aromatic carbocycles.